The normalized spacial score (nSPS) is 14.8. The molecule has 0 radical (unpaired) electrons. The number of benzene rings is 1. The van der Waals surface area contributed by atoms with Gasteiger partial charge in [-0.2, -0.15) is 0 Å². The first-order chi connectivity index (χ1) is 6.69. The Morgan fingerprint density at radius 3 is 2.29 bits per heavy atom. The van der Waals surface area contributed by atoms with Crippen molar-refractivity contribution in [3.8, 4) is 0 Å². The maximum atomic E-state index is 10.3. The van der Waals surface area contributed by atoms with Crippen LogP contribution in [0.4, 0.5) is 0 Å². The lowest BCUT2D eigenvalue weighted by molar-refractivity contribution is 0.0243. The Balaban J connectivity index is 2.80. The third kappa shape index (κ3) is 2.38. The highest BCUT2D eigenvalue weighted by Gasteiger charge is 2.16. The van der Waals surface area contributed by atoms with E-state index >= 15 is 0 Å². The van der Waals surface area contributed by atoms with Crippen molar-refractivity contribution in [2.24, 2.45) is 5.73 Å². The summed E-state index contributed by atoms with van der Waals surface area (Å²) in [6.07, 6.45) is -1.26. The first kappa shape index (κ1) is 10.8. The second-order valence-corrected chi connectivity index (χ2v) is 3.03. The van der Waals surface area contributed by atoms with Crippen LogP contribution in [0.15, 0.2) is 24.3 Å². The van der Waals surface area contributed by atoms with E-state index in [4.69, 9.17) is 5.73 Å². The SMILES string of the molecule is NCC(O)C(O)c1ccc(C=O)cc1. The summed E-state index contributed by atoms with van der Waals surface area (Å²) < 4.78 is 0. The van der Waals surface area contributed by atoms with Crippen LogP contribution in [-0.4, -0.2) is 29.1 Å². The maximum absolute atomic E-state index is 10.3. The zero-order valence-corrected chi connectivity index (χ0v) is 7.63. The fraction of sp³-hybridized carbons (Fsp3) is 0.300. The smallest absolute Gasteiger partial charge is 0.150 e. The number of carbonyl (C=O) groups excluding carboxylic acids is 1. The molecule has 0 fully saturated rings. The predicted molar refractivity (Wildman–Crippen MR) is 51.9 cm³/mol. The van der Waals surface area contributed by atoms with Gasteiger partial charge in [0.15, 0.2) is 0 Å². The van der Waals surface area contributed by atoms with Crippen LogP contribution >= 0.6 is 0 Å². The van der Waals surface area contributed by atoms with Gasteiger partial charge in [0.1, 0.15) is 12.4 Å². The van der Waals surface area contributed by atoms with Gasteiger partial charge in [-0.1, -0.05) is 24.3 Å². The van der Waals surface area contributed by atoms with E-state index in [0.717, 1.165) is 6.29 Å². The van der Waals surface area contributed by atoms with Crippen LogP contribution < -0.4 is 5.73 Å². The molecule has 4 heteroatoms. The first-order valence-electron chi connectivity index (χ1n) is 4.30. The molecule has 4 nitrogen and oxygen atoms in total. The summed E-state index contributed by atoms with van der Waals surface area (Å²) in [6, 6.07) is 6.34. The number of carbonyl (C=O) groups is 1. The molecule has 2 unspecified atom stereocenters. The zero-order valence-electron chi connectivity index (χ0n) is 7.63. The van der Waals surface area contributed by atoms with E-state index in [1.54, 1.807) is 24.3 Å². The number of nitrogens with two attached hydrogens (primary N) is 1. The molecule has 2 atom stereocenters. The number of aliphatic hydroxyl groups is 2. The van der Waals surface area contributed by atoms with Gasteiger partial charge in [0.05, 0.1) is 6.10 Å². The molecule has 0 spiro atoms. The van der Waals surface area contributed by atoms with Gasteiger partial charge in [-0.15, -0.1) is 0 Å². The highest BCUT2D eigenvalue weighted by atomic mass is 16.3. The van der Waals surface area contributed by atoms with E-state index in [2.05, 4.69) is 0 Å². The minimum absolute atomic E-state index is 0.00337. The van der Waals surface area contributed by atoms with Crippen molar-refractivity contribution in [3.63, 3.8) is 0 Å². The molecule has 0 amide bonds. The molecule has 1 aromatic carbocycles. The molecular formula is C10H13NO3. The Hall–Kier alpha value is -1.23. The molecule has 0 aliphatic carbocycles. The number of aliphatic hydroxyl groups excluding tert-OH is 2. The summed E-state index contributed by atoms with van der Waals surface area (Å²) in [7, 11) is 0. The molecule has 14 heavy (non-hydrogen) atoms. The lowest BCUT2D eigenvalue weighted by atomic mass is 10.0. The molecule has 4 N–H and O–H groups in total. The highest BCUT2D eigenvalue weighted by molar-refractivity contribution is 5.74. The summed E-state index contributed by atoms with van der Waals surface area (Å²) >= 11 is 0. The van der Waals surface area contributed by atoms with E-state index in [9.17, 15) is 15.0 Å². The van der Waals surface area contributed by atoms with Crippen molar-refractivity contribution in [3.05, 3.63) is 35.4 Å². The first-order valence-corrected chi connectivity index (χ1v) is 4.30. The lowest BCUT2D eigenvalue weighted by Crippen LogP contribution is -2.27. The summed E-state index contributed by atoms with van der Waals surface area (Å²) in [6.45, 7) is -0.00337. The van der Waals surface area contributed by atoms with E-state index in [1.807, 2.05) is 0 Å². The van der Waals surface area contributed by atoms with Gasteiger partial charge in [-0.05, 0) is 5.56 Å². The largest absolute Gasteiger partial charge is 0.389 e. The lowest BCUT2D eigenvalue weighted by Gasteiger charge is -2.16. The molecule has 0 bridgehead atoms. The second kappa shape index (κ2) is 4.85. The van der Waals surface area contributed by atoms with Gasteiger partial charge in [-0.25, -0.2) is 0 Å². The number of hydrogen-bond acceptors (Lipinski definition) is 4. The van der Waals surface area contributed by atoms with E-state index in [1.165, 1.54) is 0 Å². The van der Waals surface area contributed by atoms with Gasteiger partial charge in [0.2, 0.25) is 0 Å². The fourth-order valence-electron chi connectivity index (χ4n) is 1.12. The van der Waals surface area contributed by atoms with Crippen LogP contribution in [-0.2, 0) is 0 Å². The Morgan fingerprint density at radius 1 is 1.29 bits per heavy atom. The topological polar surface area (TPSA) is 83.6 Å². The van der Waals surface area contributed by atoms with Crippen LogP contribution in [0.3, 0.4) is 0 Å². The summed E-state index contributed by atoms with van der Waals surface area (Å²) in [5.74, 6) is 0. The number of aldehydes is 1. The second-order valence-electron chi connectivity index (χ2n) is 3.03. The summed E-state index contributed by atoms with van der Waals surface area (Å²) in [5.41, 5.74) is 6.28. The Bertz CT molecular complexity index is 297. The third-order valence-corrected chi connectivity index (χ3v) is 2.02. The highest BCUT2D eigenvalue weighted by Crippen LogP contribution is 2.16. The molecule has 1 aromatic rings. The minimum atomic E-state index is -0.999. The number of hydrogen-bond donors (Lipinski definition) is 3. The Morgan fingerprint density at radius 2 is 1.86 bits per heavy atom. The molecule has 76 valence electrons. The summed E-state index contributed by atoms with van der Waals surface area (Å²) in [5, 5.41) is 18.8. The average Bonchev–Trinajstić information content (AvgIpc) is 2.27. The van der Waals surface area contributed by atoms with Crippen LogP contribution in [0.1, 0.15) is 22.0 Å². The zero-order chi connectivity index (χ0) is 10.6. The molecule has 0 saturated heterocycles. The van der Waals surface area contributed by atoms with Crippen molar-refractivity contribution in [2.45, 2.75) is 12.2 Å². The molecule has 0 aromatic heterocycles. The minimum Gasteiger partial charge on any atom is -0.389 e. The van der Waals surface area contributed by atoms with E-state index in [0.29, 0.717) is 11.1 Å². The maximum Gasteiger partial charge on any atom is 0.150 e. The van der Waals surface area contributed by atoms with Crippen molar-refractivity contribution < 1.29 is 15.0 Å². The third-order valence-electron chi connectivity index (χ3n) is 2.02. The van der Waals surface area contributed by atoms with Crippen LogP contribution in [0.25, 0.3) is 0 Å². The van der Waals surface area contributed by atoms with Crippen LogP contribution in [0, 0.1) is 0 Å². The van der Waals surface area contributed by atoms with Crippen molar-refractivity contribution in [1.29, 1.82) is 0 Å². The average molecular weight is 195 g/mol. The Labute approximate surface area is 82.0 Å². The van der Waals surface area contributed by atoms with Crippen molar-refractivity contribution in [2.75, 3.05) is 6.54 Å². The Kier molecular flexibility index (Phi) is 3.76. The standard InChI is InChI=1S/C10H13NO3/c11-5-9(13)10(14)8-3-1-7(6-12)2-4-8/h1-4,6,9-10,13-14H,5,11H2. The summed E-state index contributed by atoms with van der Waals surface area (Å²) in [4.78, 5) is 10.3. The molecule has 1 rings (SSSR count). The van der Waals surface area contributed by atoms with E-state index in [-0.39, 0.29) is 6.54 Å². The molecule has 0 heterocycles. The van der Waals surface area contributed by atoms with Crippen molar-refractivity contribution in [1.82, 2.24) is 0 Å². The van der Waals surface area contributed by atoms with Gasteiger partial charge >= 0.3 is 0 Å². The monoisotopic (exact) mass is 195 g/mol. The van der Waals surface area contributed by atoms with Gasteiger partial charge < -0.3 is 15.9 Å². The van der Waals surface area contributed by atoms with Gasteiger partial charge in [0.25, 0.3) is 0 Å². The van der Waals surface area contributed by atoms with Crippen LogP contribution in [0.2, 0.25) is 0 Å². The predicted octanol–water partition coefficient (Wildman–Crippen LogP) is -0.148. The molecule has 0 saturated carbocycles. The van der Waals surface area contributed by atoms with Gasteiger partial charge in [0, 0.05) is 12.1 Å². The molecule has 0 aliphatic heterocycles. The molecule has 0 aliphatic rings. The molecular weight excluding hydrogens is 182 g/mol. The quantitative estimate of drug-likeness (QED) is 0.583. The fourth-order valence-corrected chi connectivity index (χ4v) is 1.12. The van der Waals surface area contributed by atoms with Crippen molar-refractivity contribution >= 4 is 6.29 Å². The van der Waals surface area contributed by atoms with Crippen LogP contribution in [0.5, 0.6) is 0 Å². The number of rotatable bonds is 4. The van der Waals surface area contributed by atoms with E-state index < -0.39 is 12.2 Å². The van der Waals surface area contributed by atoms with Gasteiger partial charge in [-0.3, -0.25) is 4.79 Å².